The molecule has 0 unspecified atom stereocenters. The average Bonchev–Trinajstić information content (AvgIpc) is 2.03. The normalized spacial score (nSPS) is 10.6. The Labute approximate surface area is 82.5 Å². The van der Waals surface area contributed by atoms with E-state index in [1.807, 2.05) is 0 Å². The van der Waals surface area contributed by atoms with Gasteiger partial charge in [0.2, 0.25) is 0 Å². The molecule has 70 valence electrons. The summed E-state index contributed by atoms with van der Waals surface area (Å²) in [7, 11) is -1.87. The molecule has 0 saturated heterocycles. The van der Waals surface area contributed by atoms with Gasteiger partial charge in [0.05, 0.1) is 0 Å². The van der Waals surface area contributed by atoms with Crippen molar-refractivity contribution < 1.29 is 18.8 Å². The first-order chi connectivity index (χ1) is 6.02. The summed E-state index contributed by atoms with van der Waals surface area (Å²) < 4.78 is 25.1. The molecule has 0 heterocycles. The summed E-state index contributed by atoms with van der Waals surface area (Å²) in [4.78, 5) is 0. The van der Waals surface area contributed by atoms with E-state index in [1.54, 1.807) is 0 Å². The Morgan fingerprint density at radius 2 is 1.92 bits per heavy atom. The third kappa shape index (κ3) is 2.49. The quantitative estimate of drug-likeness (QED) is 0.771. The highest BCUT2D eigenvalue weighted by Gasteiger charge is 2.21. The Kier molecular flexibility index (Phi) is 3.41. The maximum Gasteiger partial charge on any atom is 0.488 e. The van der Waals surface area contributed by atoms with E-state index >= 15 is 0 Å². The summed E-state index contributed by atoms with van der Waals surface area (Å²) >= 11 is 3.05. The Balaban J connectivity index is 3.19. The van der Waals surface area contributed by atoms with E-state index in [0.717, 1.165) is 6.07 Å². The smallest absolute Gasteiger partial charge is 0.423 e. The van der Waals surface area contributed by atoms with Crippen molar-refractivity contribution in [3.8, 4) is 0 Å². The lowest BCUT2D eigenvalue weighted by atomic mass is 9.77. The molecule has 0 spiro atoms. The van der Waals surface area contributed by atoms with Crippen LogP contribution >= 0.6 is 15.9 Å². The van der Waals surface area contributed by atoms with E-state index in [4.69, 9.17) is 10.0 Å². The number of alkyl halides is 2. The second kappa shape index (κ2) is 4.17. The van der Waals surface area contributed by atoms with Gasteiger partial charge < -0.3 is 10.0 Å². The van der Waals surface area contributed by atoms with Crippen molar-refractivity contribution in [3.05, 3.63) is 28.2 Å². The molecular formula is C7H6BBrF2O2. The first kappa shape index (κ1) is 10.6. The molecule has 0 aliphatic rings. The molecule has 0 amide bonds. The average molecular weight is 251 g/mol. The zero-order chi connectivity index (χ0) is 10.0. The molecule has 1 rings (SSSR count). The van der Waals surface area contributed by atoms with Crippen LogP contribution in [0.25, 0.3) is 0 Å². The molecule has 1 aromatic rings. The Morgan fingerprint density at radius 1 is 1.31 bits per heavy atom. The number of hydrogen-bond acceptors (Lipinski definition) is 2. The fourth-order valence-corrected chi connectivity index (χ4v) is 1.35. The van der Waals surface area contributed by atoms with E-state index in [2.05, 4.69) is 15.9 Å². The summed E-state index contributed by atoms with van der Waals surface area (Å²) in [6, 6.07) is 3.84. The standard InChI is InChI=1S/C7H6BBrF2O2/c9-4-1-2-5(7(10)11)6(3-4)8(12)13/h1-3,7,12-13H. The maximum absolute atomic E-state index is 12.3. The molecule has 1 aromatic carbocycles. The van der Waals surface area contributed by atoms with Crippen LogP contribution in [0.3, 0.4) is 0 Å². The summed E-state index contributed by atoms with van der Waals surface area (Å²) in [6.45, 7) is 0. The van der Waals surface area contributed by atoms with Crippen molar-refractivity contribution in [2.45, 2.75) is 6.43 Å². The van der Waals surface area contributed by atoms with E-state index in [1.165, 1.54) is 12.1 Å². The Hall–Kier alpha value is -0.455. The minimum Gasteiger partial charge on any atom is -0.423 e. The highest BCUT2D eigenvalue weighted by molar-refractivity contribution is 9.10. The van der Waals surface area contributed by atoms with Crippen LogP contribution in [-0.2, 0) is 0 Å². The van der Waals surface area contributed by atoms with Crippen LogP contribution in [0, 0.1) is 0 Å². The SMILES string of the molecule is OB(O)c1cc(Br)ccc1C(F)F. The molecule has 0 bridgehead atoms. The molecule has 0 fully saturated rings. The van der Waals surface area contributed by atoms with Gasteiger partial charge in [0.25, 0.3) is 6.43 Å². The van der Waals surface area contributed by atoms with Gasteiger partial charge in [-0.2, -0.15) is 0 Å². The lowest BCUT2D eigenvalue weighted by molar-refractivity contribution is 0.152. The van der Waals surface area contributed by atoms with Crippen molar-refractivity contribution >= 4 is 28.5 Å². The third-order valence-electron chi connectivity index (χ3n) is 1.56. The number of halogens is 3. The van der Waals surface area contributed by atoms with Gasteiger partial charge in [-0.1, -0.05) is 22.0 Å². The monoisotopic (exact) mass is 250 g/mol. The molecule has 0 aliphatic heterocycles. The summed E-state index contributed by atoms with van der Waals surface area (Å²) in [5, 5.41) is 17.6. The Morgan fingerprint density at radius 3 is 2.38 bits per heavy atom. The van der Waals surface area contributed by atoms with Crippen LogP contribution in [0.1, 0.15) is 12.0 Å². The maximum atomic E-state index is 12.3. The zero-order valence-corrected chi connectivity index (χ0v) is 8.00. The van der Waals surface area contributed by atoms with Crippen LogP contribution < -0.4 is 5.46 Å². The van der Waals surface area contributed by atoms with Crippen molar-refractivity contribution in [2.75, 3.05) is 0 Å². The van der Waals surface area contributed by atoms with Gasteiger partial charge in [-0.05, 0) is 17.6 Å². The number of hydrogen-bond donors (Lipinski definition) is 2. The van der Waals surface area contributed by atoms with Crippen LogP contribution in [0.15, 0.2) is 22.7 Å². The second-order valence-corrected chi connectivity index (χ2v) is 3.36. The van der Waals surface area contributed by atoms with E-state index in [-0.39, 0.29) is 11.0 Å². The van der Waals surface area contributed by atoms with E-state index in [0.29, 0.717) is 4.47 Å². The minimum atomic E-state index is -2.70. The molecule has 0 radical (unpaired) electrons. The first-order valence-electron chi connectivity index (χ1n) is 3.46. The molecule has 6 heteroatoms. The van der Waals surface area contributed by atoms with Crippen LogP contribution in [0.4, 0.5) is 8.78 Å². The van der Waals surface area contributed by atoms with Gasteiger partial charge in [-0.15, -0.1) is 0 Å². The molecule has 13 heavy (non-hydrogen) atoms. The molecule has 2 nitrogen and oxygen atoms in total. The zero-order valence-electron chi connectivity index (χ0n) is 6.42. The van der Waals surface area contributed by atoms with Crippen molar-refractivity contribution in [2.24, 2.45) is 0 Å². The molecule has 2 N–H and O–H groups in total. The van der Waals surface area contributed by atoms with Crippen LogP contribution in [0.2, 0.25) is 0 Å². The minimum absolute atomic E-state index is 0.177. The van der Waals surface area contributed by atoms with Gasteiger partial charge in [-0.25, -0.2) is 8.78 Å². The number of benzene rings is 1. The van der Waals surface area contributed by atoms with Crippen LogP contribution in [-0.4, -0.2) is 17.2 Å². The van der Waals surface area contributed by atoms with Crippen molar-refractivity contribution in [1.82, 2.24) is 0 Å². The fourth-order valence-electron chi connectivity index (χ4n) is 0.968. The summed E-state index contributed by atoms with van der Waals surface area (Å²) in [6.07, 6.45) is -2.70. The number of rotatable bonds is 2. The Bertz CT molecular complexity index is 307. The largest absolute Gasteiger partial charge is 0.488 e. The lowest BCUT2D eigenvalue weighted by Gasteiger charge is -2.07. The van der Waals surface area contributed by atoms with Gasteiger partial charge in [0.1, 0.15) is 0 Å². The fraction of sp³-hybridized carbons (Fsp3) is 0.143. The van der Waals surface area contributed by atoms with Crippen molar-refractivity contribution in [3.63, 3.8) is 0 Å². The van der Waals surface area contributed by atoms with Gasteiger partial charge in [-0.3, -0.25) is 0 Å². The molecule has 0 aromatic heterocycles. The summed E-state index contributed by atoms with van der Waals surface area (Å²) in [5.41, 5.74) is -0.539. The highest BCUT2D eigenvalue weighted by Crippen LogP contribution is 2.19. The third-order valence-corrected chi connectivity index (χ3v) is 2.06. The predicted molar refractivity (Wildman–Crippen MR) is 48.9 cm³/mol. The van der Waals surface area contributed by atoms with Gasteiger partial charge >= 0.3 is 7.12 Å². The lowest BCUT2D eigenvalue weighted by Crippen LogP contribution is -2.33. The second-order valence-electron chi connectivity index (χ2n) is 2.45. The van der Waals surface area contributed by atoms with Crippen LogP contribution in [0.5, 0.6) is 0 Å². The molecular weight excluding hydrogens is 245 g/mol. The van der Waals surface area contributed by atoms with Gasteiger partial charge in [0, 0.05) is 10.0 Å². The summed E-state index contributed by atoms with van der Waals surface area (Å²) in [5.74, 6) is 0. The molecule has 0 saturated carbocycles. The molecule has 0 atom stereocenters. The highest BCUT2D eigenvalue weighted by atomic mass is 79.9. The predicted octanol–water partition coefficient (Wildman–Crippen LogP) is 1.07. The first-order valence-corrected chi connectivity index (χ1v) is 4.25. The van der Waals surface area contributed by atoms with Gasteiger partial charge in [0.15, 0.2) is 0 Å². The van der Waals surface area contributed by atoms with E-state index in [9.17, 15) is 8.78 Å². The van der Waals surface area contributed by atoms with Crippen molar-refractivity contribution in [1.29, 1.82) is 0 Å². The topological polar surface area (TPSA) is 40.5 Å². The van der Waals surface area contributed by atoms with E-state index < -0.39 is 13.5 Å². The molecule has 0 aliphatic carbocycles.